The molecular formula is C15H16BrNO4S. The Kier molecular flexibility index (Phi) is 4.13. The van der Waals surface area contributed by atoms with Gasteiger partial charge in [-0.15, -0.1) is 0 Å². The van der Waals surface area contributed by atoms with E-state index in [0.717, 1.165) is 17.3 Å². The van der Waals surface area contributed by atoms with Gasteiger partial charge in [0, 0.05) is 22.9 Å². The van der Waals surface area contributed by atoms with E-state index < -0.39 is 15.6 Å². The van der Waals surface area contributed by atoms with Crippen molar-refractivity contribution in [1.82, 2.24) is 4.31 Å². The average molecular weight is 386 g/mol. The van der Waals surface area contributed by atoms with Gasteiger partial charge in [0.1, 0.15) is 5.58 Å². The van der Waals surface area contributed by atoms with Gasteiger partial charge in [0.25, 0.3) is 0 Å². The molecule has 1 saturated heterocycles. The third-order valence-corrected chi connectivity index (χ3v) is 6.24. The molecule has 1 atom stereocenters. The molecule has 0 amide bonds. The summed E-state index contributed by atoms with van der Waals surface area (Å²) < 4.78 is 32.8. The Balaban J connectivity index is 2.12. The van der Waals surface area contributed by atoms with Gasteiger partial charge in [0.2, 0.25) is 10.0 Å². The van der Waals surface area contributed by atoms with Gasteiger partial charge in [0.05, 0.1) is 0 Å². The maximum Gasteiger partial charge on any atom is 0.356 e. The molecule has 118 valence electrons. The number of hydrogen-bond acceptors (Lipinski definition) is 4. The van der Waals surface area contributed by atoms with E-state index in [9.17, 15) is 13.2 Å². The van der Waals surface area contributed by atoms with Crippen molar-refractivity contribution in [2.24, 2.45) is 5.92 Å². The molecule has 0 saturated carbocycles. The highest BCUT2D eigenvalue weighted by atomic mass is 79.9. The van der Waals surface area contributed by atoms with Crippen LogP contribution in [0.3, 0.4) is 0 Å². The number of piperidine rings is 1. The molecule has 0 N–H and O–H groups in total. The summed E-state index contributed by atoms with van der Waals surface area (Å²) in [5.41, 5.74) is -0.438. The fourth-order valence-corrected chi connectivity index (χ4v) is 4.76. The topological polar surface area (TPSA) is 67.6 Å². The van der Waals surface area contributed by atoms with Gasteiger partial charge in [-0.3, -0.25) is 0 Å². The molecule has 1 aliphatic rings. The average Bonchev–Trinajstić information content (AvgIpc) is 2.47. The fraction of sp³-hybridized carbons (Fsp3) is 0.400. The molecule has 2 aromatic rings. The summed E-state index contributed by atoms with van der Waals surface area (Å²) in [5.74, 6) is 0.296. The second-order valence-electron chi connectivity index (χ2n) is 5.69. The van der Waals surface area contributed by atoms with Crippen molar-refractivity contribution in [2.75, 3.05) is 13.1 Å². The van der Waals surface area contributed by atoms with Crippen LogP contribution in [0.4, 0.5) is 0 Å². The number of fused-ring (bicyclic) bond motifs is 1. The van der Waals surface area contributed by atoms with Crippen molar-refractivity contribution in [3.05, 3.63) is 39.2 Å². The number of benzene rings is 1. The van der Waals surface area contributed by atoms with Gasteiger partial charge in [0.15, 0.2) is 4.90 Å². The predicted octanol–water partition coefficient (Wildman–Crippen LogP) is 2.98. The second kappa shape index (κ2) is 5.79. The first kappa shape index (κ1) is 15.7. The first-order valence-corrected chi connectivity index (χ1v) is 9.35. The molecule has 1 aromatic heterocycles. The van der Waals surface area contributed by atoms with Crippen molar-refractivity contribution >= 4 is 36.9 Å². The van der Waals surface area contributed by atoms with E-state index in [1.807, 2.05) is 6.92 Å². The summed E-state index contributed by atoms with van der Waals surface area (Å²) >= 11 is 3.33. The third-order valence-electron chi connectivity index (χ3n) is 3.90. The van der Waals surface area contributed by atoms with Crippen LogP contribution in [0.25, 0.3) is 11.0 Å². The number of halogens is 1. The summed E-state index contributed by atoms with van der Waals surface area (Å²) in [6.45, 7) is 2.91. The zero-order chi connectivity index (χ0) is 15.9. The minimum absolute atomic E-state index is 0.285. The monoisotopic (exact) mass is 385 g/mol. The van der Waals surface area contributed by atoms with Crippen LogP contribution in [0.1, 0.15) is 19.8 Å². The van der Waals surface area contributed by atoms with E-state index in [1.165, 1.54) is 10.4 Å². The molecule has 0 aliphatic carbocycles. The van der Waals surface area contributed by atoms with E-state index in [0.29, 0.717) is 30.0 Å². The van der Waals surface area contributed by atoms with Crippen LogP contribution >= 0.6 is 15.9 Å². The minimum atomic E-state index is -3.82. The number of rotatable bonds is 2. The van der Waals surface area contributed by atoms with E-state index in [-0.39, 0.29) is 4.90 Å². The lowest BCUT2D eigenvalue weighted by Gasteiger charge is -2.29. The Morgan fingerprint density at radius 2 is 2.09 bits per heavy atom. The molecule has 0 bridgehead atoms. The van der Waals surface area contributed by atoms with Gasteiger partial charge in [-0.2, -0.15) is 4.31 Å². The standard InChI is InChI=1S/C15H16BrNO4S/c1-10-3-2-6-17(9-10)22(19,20)14-8-11-7-12(16)4-5-13(11)21-15(14)18/h4-5,7-8,10H,2-3,6,9H2,1H3. The van der Waals surface area contributed by atoms with Crippen molar-refractivity contribution in [1.29, 1.82) is 0 Å². The Morgan fingerprint density at radius 3 is 2.82 bits per heavy atom. The number of hydrogen-bond donors (Lipinski definition) is 0. The lowest BCUT2D eigenvalue weighted by atomic mass is 10.0. The van der Waals surface area contributed by atoms with Gasteiger partial charge in [-0.05, 0) is 43.0 Å². The van der Waals surface area contributed by atoms with Crippen molar-refractivity contribution in [3.8, 4) is 0 Å². The summed E-state index contributed by atoms with van der Waals surface area (Å²) in [5, 5.41) is 0.581. The van der Waals surface area contributed by atoms with E-state index in [1.54, 1.807) is 18.2 Å². The van der Waals surface area contributed by atoms with Crippen LogP contribution in [-0.4, -0.2) is 25.8 Å². The fourth-order valence-electron chi connectivity index (χ4n) is 2.76. The maximum absolute atomic E-state index is 12.7. The number of sulfonamides is 1. The van der Waals surface area contributed by atoms with E-state index in [2.05, 4.69) is 15.9 Å². The lowest BCUT2D eigenvalue weighted by Crippen LogP contribution is -2.40. The molecule has 3 rings (SSSR count). The van der Waals surface area contributed by atoms with Crippen LogP contribution < -0.4 is 5.63 Å². The maximum atomic E-state index is 12.7. The molecule has 1 aromatic carbocycles. The molecule has 1 aliphatic heterocycles. The Hall–Kier alpha value is -1.18. The van der Waals surface area contributed by atoms with Crippen molar-refractivity contribution < 1.29 is 12.8 Å². The third kappa shape index (κ3) is 2.85. The van der Waals surface area contributed by atoms with Gasteiger partial charge < -0.3 is 4.42 Å². The van der Waals surface area contributed by atoms with Crippen LogP contribution in [0, 0.1) is 5.92 Å². The molecule has 2 heterocycles. The molecular weight excluding hydrogens is 370 g/mol. The molecule has 1 unspecified atom stereocenters. The Labute approximate surface area is 137 Å². The highest BCUT2D eigenvalue weighted by Gasteiger charge is 2.31. The molecule has 0 spiro atoms. The number of nitrogens with zero attached hydrogens (tertiary/aromatic N) is 1. The molecule has 7 heteroatoms. The minimum Gasteiger partial charge on any atom is -0.422 e. The summed E-state index contributed by atoms with van der Waals surface area (Å²) in [4.78, 5) is 11.8. The predicted molar refractivity (Wildman–Crippen MR) is 87.3 cm³/mol. The van der Waals surface area contributed by atoms with Crippen molar-refractivity contribution in [3.63, 3.8) is 0 Å². The SMILES string of the molecule is CC1CCCN(S(=O)(=O)c2cc3cc(Br)ccc3oc2=O)C1. The zero-order valence-electron chi connectivity index (χ0n) is 12.1. The molecule has 0 radical (unpaired) electrons. The van der Waals surface area contributed by atoms with Crippen LogP contribution in [0.2, 0.25) is 0 Å². The van der Waals surface area contributed by atoms with Crippen molar-refractivity contribution in [2.45, 2.75) is 24.7 Å². The van der Waals surface area contributed by atoms with Crippen LogP contribution in [-0.2, 0) is 10.0 Å². The Bertz CT molecular complexity index is 875. The van der Waals surface area contributed by atoms with Crippen LogP contribution in [0.5, 0.6) is 0 Å². The van der Waals surface area contributed by atoms with Gasteiger partial charge in [-0.25, -0.2) is 13.2 Å². The summed E-state index contributed by atoms with van der Waals surface area (Å²) in [6.07, 6.45) is 1.82. The molecule has 22 heavy (non-hydrogen) atoms. The quantitative estimate of drug-likeness (QED) is 0.745. The van der Waals surface area contributed by atoms with E-state index in [4.69, 9.17) is 4.42 Å². The summed E-state index contributed by atoms with van der Waals surface area (Å²) in [7, 11) is -3.82. The van der Waals surface area contributed by atoms with Crippen LogP contribution in [0.15, 0.2) is 42.8 Å². The van der Waals surface area contributed by atoms with Gasteiger partial charge in [-0.1, -0.05) is 22.9 Å². The second-order valence-corrected chi connectivity index (χ2v) is 8.51. The molecule has 1 fully saturated rings. The Morgan fingerprint density at radius 1 is 1.32 bits per heavy atom. The highest BCUT2D eigenvalue weighted by Crippen LogP contribution is 2.25. The normalized spacial score (nSPS) is 20.4. The first-order chi connectivity index (χ1) is 10.4. The first-order valence-electron chi connectivity index (χ1n) is 7.11. The summed E-state index contributed by atoms with van der Waals surface area (Å²) in [6, 6.07) is 6.52. The smallest absolute Gasteiger partial charge is 0.356 e. The highest BCUT2D eigenvalue weighted by molar-refractivity contribution is 9.10. The lowest BCUT2D eigenvalue weighted by molar-refractivity contribution is 0.280. The zero-order valence-corrected chi connectivity index (χ0v) is 14.5. The molecule has 5 nitrogen and oxygen atoms in total. The largest absolute Gasteiger partial charge is 0.422 e. The van der Waals surface area contributed by atoms with Gasteiger partial charge >= 0.3 is 5.63 Å². The van der Waals surface area contributed by atoms with E-state index >= 15 is 0 Å².